The largest absolute Gasteiger partial charge is 0.485 e. The second-order valence-corrected chi connectivity index (χ2v) is 4.89. The smallest absolute Gasteiger partial charge is 0.235 e. The van der Waals surface area contributed by atoms with Gasteiger partial charge in [0.1, 0.15) is 5.75 Å². The van der Waals surface area contributed by atoms with Crippen molar-refractivity contribution in [2.24, 2.45) is 0 Å². The van der Waals surface area contributed by atoms with Crippen LogP contribution in [0.15, 0.2) is 41.0 Å². The summed E-state index contributed by atoms with van der Waals surface area (Å²) in [7, 11) is 0. The molecular weight excluding hydrogens is 240 g/mol. The number of carbonyl (C=O) groups is 1. The molecule has 0 unspecified atom stereocenters. The average Bonchev–Trinajstić information content (AvgIpc) is 2.89. The van der Waals surface area contributed by atoms with Crippen LogP contribution in [-0.2, 0) is 0 Å². The zero-order chi connectivity index (χ0) is 13.8. The van der Waals surface area contributed by atoms with Crippen molar-refractivity contribution in [3.8, 4) is 5.75 Å². The maximum atomic E-state index is 11.8. The van der Waals surface area contributed by atoms with Gasteiger partial charge in [0.15, 0.2) is 12.4 Å². The fourth-order valence-electron chi connectivity index (χ4n) is 1.90. The Hall–Kier alpha value is -2.03. The predicted molar refractivity (Wildman–Crippen MR) is 73.8 cm³/mol. The topological polar surface area (TPSA) is 39.4 Å². The van der Waals surface area contributed by atoms with Crippen molar-refractivity contribution in [3.63, 3.8) is 0 Å². The van der Waals surface area contributed by atoms with Gasteiger partial charge in [-0.1, -0.05) is 26.0 Å². The third-order valence-electron chi connectivity index (χ3n) is 2.95. The van der Waals surface area contributed by atoms with Crippen molar-refractivity contribution in [1.29, 1.82) is 0 Å². The van der Waals surface area contributed by atoms with Crippen molar-refractivity contribution in [1.82, 2.24) is 0 Å². The molecule has 0 saturated carbocycles. The van der Waals surface area contributed by atoms with Crippen LogP contribution in [0.1, 0.15) is 41.4 Å². The Kier molecular flexibility index (Phi) is 4.05. The van der Waals surface area contributed by atoms with Crippen LogP contribution in [0.5, 0.6) is 5.75 Å². The summed E-state index contributed by atoms with van der Waals surface area (Å²) in [5, 5.41) is 0. The highest BCUT2D eigenvalue weighted by Crippen LogP contribution is 2.27. The van der Waals surface area contributed by atoms with E-state index in [9.17, 15) is 4.79 Å². The molecule has 1 heterocycles. The number of ketones is 1. The number of furan rings is 1. The first kappa shape index (κ1) is 13.4. The standard InChI is InChI=1S/C16H18O3/c1-11(2)13-7-6-12(3)9-16(13)19-10-14(17)15-5-4-8-18-15/h4-9,11H,10H2,1-3H3. The molecule has 19 heavy (non-hydrogen) atoms. The van der Waals surface area contributed by atoms with Crippen LogP contribution in [0.4, 0.5) is 0 Å². The van der Waals surface area contributed by atoms with Gasteiger partial charge in [0.05, 0.1) is 6.26 Å². The molecule has 0 atom stereocenters. The highest BCUT2D eigenvalue weighted by Gasteiger charge is 2.12. The van der Waals surface area contributed by atoms with Crippen LogP contribution in [0.25, 0.3) is 0 Å². The molecule has 0 spiro atoms. The SMILES string of the molecule is Cc1ccc(C(C)C)c(OCC(=O)c2ccco2)c1. The lowest BCUT2D eigenvalue weighted by atomic mass is 10.0. The van der Waals surface area contributed by atoms with Crippen LogP contribution >= 0.6 is 0 Å². The van der Waals surface area contributed by atoms with Crippen LogP contribution in [0.2, 0.25) is 0 Å². The van der Waals surface area contributed by atoms with E-state index >= 15 is 0 Å². The van der Waals surface area contributed by atoms with Gasteiger partial charge < -0.3 is 9.15 Å². The van der Waals surface area contributed by atoms with Gasteiger partial charge in [-0.15, -0.1) is 0 Å². The molecule has 0 saturated heterocycles. The molecule has 2 rings (SSSR count). The number of carbonyl (C=O) groups excluding carboxylic acids is 1. The molecule has 0 aliphatic heterocycles. The van der Waals surface area contributed by atoms with Gasteiger partial charge in [0.2, 0.25) is 5.78 Å². The Balaban J connectivity index is 2.11. The molecule has 1 aromatic carbocycles. The summed E-state index contributed by atoms with van der Waals surface area (Å²) in [5.41, 5.74) is 2.22. The minimum Gasteiger partial charge on any atom is -0.485 e. The number of benzene rings is 1. The van der Waals surface area contributed by atoms with E-state index in [0.717, 1.165) is 16.9 Å². The summed E-state index contributed by atoms with van der Waals surface area (Å²) in [6.45, 7) is 6.21. The molecule has 0 radical (unpaired) electrons. The van der Waals surface area contributed by atoms with E-state index in [4.69, 9.17) is 9.15 Å². The third-order valence-corrected chi connectivity index (χ3v) is 2.95. The summed E-state index contributed by atoms with van der Waals surface area (Å²) in [5.74, 6) is 1.31. The first-order valence-electron chi connectivity index (χ1n) is 6.38. The fraction of sp³-hybridized carbons (Fsp3) is 0.312. The van der Waals surface area contributed by atoms with E-state index in [1.165, 1.54) is 6.26 Å². The highest BCUT2D eigenvalue weighted by atomic mass is 16.5. The van der Waals surface area contributed by atoms with Crippen LogP contribution < -0.4 is 4.74 Å². The number of hydrogen-bond donors (Lipinski definition) is 0. The number of hydrogen-bond acceptors (Lipinski definition) is 3. The maximum absolute atomic E-state index is 11.8. The van der Waals surface area contributed by atoms with Gasteiger partial charge in [-0.25, -0.2) is 0 Å². The van der Waals surface area contributed by atoms with E-state index in [2.05, 4.69) is 19.9 Å². The van der Waals surface area contributed by atoms with E-state index in [-0.39, 0.29) is 12.4 Å². The minimum absolute atomic E-state index is 0.00329. The highest BCUT2D eigenvalue weighted by molar-refractivity contribution is 5.94. The molecule has 0 fully saturated rings. The van der Waals surface area contributed by atoms with Crippen molar-refractivity contribution in [3.05, 3.63) is 53.5 Å². The maximum Gasteiger partial charge on any atom is 0.235 e. The first-order valence-corrected chi connectivity index (χ1v) is 6.38. The molecular formula is C16H18O3. The van der Waals surface area contributed by atoms with E-state index in [1.807, 2.05) is 19.1 Å². The van der Waals surface area contributed by atoms with Gasteiger partial charge >= 0.3 is 0 Å². The van der Waals surface area contributed by atoms with E-state index in [1.54, 1.807) is 12.1 Å². The number of rotatable bonds is 5. The minimum atomic E-state index is -0.152. The number of aryl methyl sites for hydroxylation is 1. The van der Waals surface area contributed by atoms with Crippen molar-refractivity contribution < 1.29 is 13.9 Å². The Bertz CT molecular complexity index is 553. The van der Waals surface area contributed by atoms with Crippen molar-refractivity contribution in [2.45, 2.75) is 26.7 Å². The quantitative estimate of drug-likeness (QED) is 0.762. The fourth-order valence-corrected chi connectivity index (χ4v) is 1.90. The molecule has 0 amide bonds. The van der Waals surface area contributed by atoms with Crippen LogP contribution in [-0.4, -0.2) is 12.4 Å². The van der Waals surface area contributed by atoms with Gasteiger partial charge in [0, 0.05) is 0 Å². The lowest BCUT2D eigenvalue weighted by molar-refractivity contribution is 0.0893. The molecule has 0 aliphatic rings. The van der Waals surface area contributed by atoms with Crippen LogP contribution in [0, 0.1) is 6.92 Å². The molecule has 2 aromatic rings. The monoisotopic (exact) mass is 258 g/mol. The van der Waals surface area contributed by atoms with Gasteiger partial charge in [-0.05, 0) is 42.2 Å². The Labute approximate surface area is 113 Å². The van der Waals surface area contributed by atoms with Crippen molar-refractivity contribution >= 4 is 5.78 Å². The molecule has 0 bridgehead atoms. The predicted octanol–water partition coefficient (Wildman–Crippen LogP) is 3.97. The summed E-state index contributed by atoms with van der Waals surface area (Å²) in [4.78, 5) is 11.8. The number of ether oxygens (including phenoxy) is 1. The van der Waals surface area contributed by atoms with E-state index < -0.39 is 0 Å². The average molecular weight is 258 g/mol. The molecule has 0 aliphatic carbocycles. The third kappa shape index (κ3) is 3.25. The summed E-state index contributed by atoms with van der Waals surface area (Å²) in [6.07, 6.45) is 1.49. The summed E-state index contributed by atoms with van der Waals surface area (Å²) >= 11 is 0. The van der Waals surface area contributed by atoms with Crippen LogP contribution in [0.3, 0.4) is 0 Å². The van der Waals surface area contributed by atoms with E-state index in [0.29, 0.717) is 11.7 Å². The van der Waals surface area contributed by atoms with Gasteiger partial charge in [-0.3, -0.25) is 4.79 Å². The van der Waals surface area contributed by atoms with Crippen molar-refractivity contribution in [2.75, 3.05) is 6.61 Å². The second-order valence-electron chi connectivity index (χ2n) is 4.89. The van der Waals surface area contributed by atoms with Gasteiger partial charge in [-0.2, -0.15) is 0 Å². The summed E-state index contributed by atoms with van der Waals surface area (Å²) in [6, 6.07) is 9.40. The normalized spacial score (nSPS) is 10.7. The summed E-state index contributed by atoms with van der Waals surface area (Å²) < 4.78 is 10.7. The molecule has 3 nitrogen and oxygen atoms in total. The zero-order valence-electron chi connectivity index (χ0n) is 11.5. The van der Waals surface area contributed by atoms with Gasteiger partial charge in [0.25, 0.3) is 0 Å². The Morgan fingerprint density at radius 2 is 2.11 bits per heavy atom. The first-order chi connectivity index (χ1) is 9.08. The molecule has 100 valence electrons. The lowest BCUT2D eigenvalue weighted by Gasteiger charge is -2.14. The lowest BCUT2D eigenvalue weighted by Crippen LogP contribution is -2.12. The number of Topliss-reactive ketones (excluding diaryl/α,β-unsaturated/α-hetero) is 1. The zero-order valence-corrected chi connectivity index (χ0v) is 11.5. The Morgan fingerprint density at radius 3 is 2.74 bits per heavy atom. The second kappa shape index (κ2) is 5.74. The molecule has 3 heteroatoms. The molecule has 0 N–H and O–H groups in total. The Morgan fingerprint density at radius 1 is 1.32 bits per heavy atom. The molecule has 1 aromatic heterocycles.